The quantitative estimate of drug-likeness (QED) is 0.881. The van der Waals surface area contributed by atoms with Gasteiger partial charge in [-0.2, -0.15) is 0 Å². The number of aromatic nitrogens is 2. The summed E-state index contributed by atoms with van der Waals surface area (Å²) in [5.41, 5.74) is 9.15. The molecule has 0 aliphatic rings. The van der Waals surface area contributed by atoms with E-state index in [1.54, 1.807) is 12.4 Å². The van der Waals surface area contributed by atoms with Crippen LogP contribution in [0.25, 0.3) is 0 Å². The lowest BCUT2D eigenvalue weighted by molar-refractivity contribution is 0.584. The van der Waals surface area contributed by atoms with E-state index in [2.05, 4.69) is 38.1 Å². The van der Waals surface area contributed by atoms with Crippen LogP contribution in [0.15, 0.2) is 35.1 Å². The molecule has 5 heteroatoms. The molecule has 20 heavy (non-hydrogen) atoms. The summed E-state index contributed by atoms with van der Waals surface area (Å²) < 4.78 is 0.964. The average molecular weight is 335 g/mol. The number of nitrogens with zero attached hydrogens (tertiary/aromatic N) is 2. The van der Waals surface area contributed by atoms with Gasteiger partial charge in [-0.25, -0.2) is 4.98 Å². The summed E-state index contributed by atoms with van der Waals surface area (Å²) in [7, 11) is 0. The number of hydrogen-bond acceptors (Lipinski definition) is 4. The monoisotopic (exact) mass is 334 g/mol. The molecule has 1 unspecified atom stereocenters. The zero-order chi connectivity index (χ0) is 14.5. The van der Waals surface area contributed by atoms with Gasteiger partial charge in [-0.1, -0.05) is 6.92 Å². The van der Waals surface area contributed by atoms with Gasteiger partial charge in [0.2, 0.25) is 0 Å². The first-order valence-electron chi connectivity index (χ1n) is 6.69. The zero-order valence-corrected chi connectivity index (χ0v) is 13.3. The van der Waals surface area contributed by atoms with E-state index in [4.69, 9.17) is 5.73 Å². The van der Waals surface area contributed by atoms with Gasteiger partial charge in [-0.05, 0) is 59.6 Å². The van der Waals surface area contributed by atoms with Crippen LogP contribution in [-0.4, -0.2) is 16.5 Å². The molecule has 0 saturated heterocycles. The third kappa shape index (κ3) is 3.35. The van der Waals surface area contributed by atoms with Gasteiger partial charge in [0, 0.05) is 22.4 Å². The van der Waals surface area contributed by atoms with Gasteiger partial charge in [0.1, 0.15) is 5.82 Å². The van der Waals surface area contributed by atoms with Crippen molar-refractivity contribution in [2.45, 2.75) is 26.3 Å². The number of aryl methyl sites for hydroxylation is 1. The Morgan fingerprint density at radius 3 is 2.70 bits per heavy atom. The summed E-state index contributed by atoms with van der Waals surface area (Å²) in [6.07, 6.45) is 4.59. The molecular formula is C15H19BrN4. The molecule has 106 valence electrons. The molecule has 0 amide bonds. The van der Waals surface area contributed by atoms with Gasteiger partial charge in [-0.15, -0.1) is 0 Å². The van der Waals surface area contributed by atoms with E-state index in [0.29, 0.717) is 5.82 Å². The molecule has 0 aliphatic heterocycles. The predicted octanol–water partition coefficient (Wildman–Crippen LogP) is 3.22. The van der Waals surface area contributed by atoms with Crippen LogP contribution in [0.2, 0.25) is 0 Å². The number of halogens is 1. The van der Waals surface area contributed by atoms with Crippen LogP contribution in [0, 0.1) is 6.92 Å². The van der Waals surface area contributed by atoms with Gasteiger partial charge < -0.3 is 11.1 Å². The molecule has 3 N–H and O–H groups in total. The van der Waals surface area contributed by atoms with Crippen LogP contribution in [0.1, 0.15) is 36.2 Å². The lowest BCUT2D eigenvalue weighted by atomic mass is 9.99. The molecular weight excluding hydrogens is 316 g/mol. The Hall–Kier alpha value is -1.46. The number of hydrogen-bond donors (Lipinski definition) is 2. The predicted molar refractivity (Wildman–Crippen MR) is 85.5 cm³/mol. The van der Waals surface area contributed by atoms with Gasteiger partial charge in [0.15, 0.2) is 0 Å². The smallest absolute Gasteiger partial charge is 0.128 e. The number of pyridine rings is 2. The Bertz CT molecular complexity index is 548. The van der Waals surface area contributed by atoms with Crippen LogP contribution in [0.3, 0.4) is 0 Å². The molecule has 0 radical (unpaired) electrons. The van der Waals surface area contributed by atoms with Crippen molar-refractivity contribution >= 4 is 21.7 Å². The third-order valence-corrected chi connectivity index (χ3v) is 3.64. The summed E-state index contributed by atoms with van der Waals surface area (Å²) in [6.45, 7) is 5.08. The number of anilines is 1. The molecule has 0 fully saturated rings. The molecule has 2 heterocycles. The molecule has 4 nitrogen and oxygen atoms in total. The van der Waals surface area contributed by atoms with Crippen LogP contribution >= 0.6 is 15.9 Å². The van der Waals surface area contributed by atoms with Crippen molar-refractivity contribution < 1.29 is 0 Å². The number of nitrogens with two attached hydrogens (primary N) is 1. The Morgan fingerprint density at radius 2 is 2.10 bits per heavy atom. The van der Waals surface area contributed by atoms with E-state index in [-0.39, 0.29) is 6.04 Å². The van der Waals surface area contributed by atoms with Gasteiger partial charge in [-0.3, -0.25) is 4.98 Å². The summed E-state index contributed by atoms with van der Waals surface area (Å²) in [4.78, 5) is 8.71. The molecule has 1 atom stereocenters. The Labute approximate surface area is 128 Å². The van der Waals surface area contributed by atoms with Crippen LogP contribution in [-0.2, 0) is 0 Å². The highest BCUT2D eigenvalue weighted by Crippen LogP contribution is 2.27. The van der Waals surface area contributed by atoms with Crippen molar-refractivity contribution in [1.82, 2.24) is 15.3 Å². The highest BCUT2D eigenvalue weighted by atomic mass is 79.9. The molecule has 0 aromatic carbocycles. The normalized spacial score (nSPS) is 12.3. The molecule has 0 saturated carbocycles. The minimum atomic E-state index is -0.0308. The fraction of sp³-hybridized carbons (Fsp3) is 0.333. The van der Waals surface area contributed by atoms with Gasteiger partial charge in [0.05, 0.1) is 11.7 Å². The largest absolute Gasteiger partial charge is 0.383 e. The molecule has 0 spiro atoms. The lowest BCUT2D eigenvalue weighted by Crippen LogP contribution is -2.26. The number of rotatable bonds is 5. The van der Waals surface area contributed by atoms with Crippen molar-refractivity contribution in [1.29, 1.82) is 0 Å². The Morgan fingerprint density at radius 1 is 1.30 bits per heavy atom. The lowest BCUT2D eigenvalue weighted by Gasteiger charge is -2.21. The molecule has 2 rings (SSSR count). The first-order chi connectivity index (χ1) is 9.63. The van der Waals surface area contributed by atoms with Crippen molar-refractivity contribution in [3.05, 3.63) is 51.9 Å². The van der Waals surface area contributed by atoms with E-state index in [0.717, 1.165) is 34.3 Å². The Balaban J connectivity index is 2.44. The fourth-order valence-corrected chi connectivity index (χ4v) is 2.40. The first-order valence-corrected chi connectivity index (χ1v) is 7.48. The second kappa shape index (κ2) is 6.81. The summed E-state index contributed by atoms with van der Waals surface area (Å²) in [5, 5.41) is 3.51. The van der Waals surface area contributed by atoms with Crippen molar-refractivity contribution in [3.63, 3.8) is 0 Å². The fourth-order valence-electron chi connectivity index (χ4n) is 2.17. The maximum atomic E-state index is 6.07. The van der Waals surface area contributed by atoms with E-state index >= 15 is 0 Å². The molecule has 0 aliphatic carbocycles. The van der Waals surface area contributed by atoms with Crippen LogP contribution < -0.4 is 11.1 Å². The number of nitrogen functional groups attached to an aromatic ring is 1. The van der Waals surface area contributed by atoms with E-state index in [1.165, 1.54) is 0 Å². The van der Waals surface area contributed by atoms with Crippen LogP contribution in [0.4, 0.5) is 5.82 Å². The highest BCUT2D eigenvalue weighted by molar-refractivity contribution is 9.10. The summed E-state index contributed by atoms with van der Waals surface area (Å²) in [6, 6.07) is 5.94. The average Bonchev–Trinajstić information content (AvgIpc) is 2.43. The molecule has 2 aromatic rings. The minimum Gasteiger partial charge on any atom is -0.383 e. The standard InChI is InChI=1S/C15H19BrN4/c1-3-7-18-14(12-5-4-11(16)9-20-12)13-10(2)6-8-19-15(13)17/h4-6,8-9,14,18H,3,7H2,1-2H3,(H2,17,19). The van der Waals surface area contributed by atoms with Gasteiger partial charge >= 0.3 is 0 Å². The highest BCUT2D eigenvalue weighted by Gasteiger charge is 2.20. The molecule has 2 aromatic heterocycles. The SMILES string of the molecule is CCCNC(c1ccc(Br)cn1)c1c(C)ccnc1N. The first kappa shape index (κ1) is 14.9. The maximum Gasteiger partial charge on any atom is 0.128 e. The number of nitrogens with one attached hydrogen (secondary N) is 1. The minimum absolute atomic E-state index is 0.0308. The van der Waals surface area contributed by atoms with Gasteiger partial charge in [0.25, 0.3) is 0 Å². The second-order valence-electron chi connectivity index (χ2n) is 4.72. The zero-order valence-electron chi connectivity index (χ0n) is 11.7. The van der Waals surface area contributed by atoms with Crippen molar-refractivity contribution in [2.24, 2.45) is 0 Å². The second-order valence-corrected chi connectivity index (χ2v) is 5.63. The summed E-state index contributed by atoms with van der Waals surface area (Å²) >= 11 is 3.41. The maximum absolute atomic E-state index is 6.07. The topological polar surface area (TPSA) is 63.8 Å². The van der Waals surface area contributed by atoms with E-state index in [9.17, 15) is 0 Å². The van der Waals surface area contributed by atoms with Crippen LogP contribution in [0.5, 0.6) is 0 Å². The molecule has 0 bridgehead atoms. The van der Waals surface area contributed by atoms with Crippen molar-refractivity contribution in [2.75, 3.05) is 12.3 Å². The van der Waals surface area contributed by atoms with E-state index < -0.39 is 0 Å². The Kier molecular flexibility index (Phi) is 5.09. The summed E-state index contributed by atoms with van der Waals surface area (Å²) in [5.74, 6) is 0.559. The third-order valence-electron chi connectivity index (χ3n) is 3.17. The van der Waals surface area contributed by atoms with Crippen molar-refractivity contribution in [3.8, 4) is 0 Å². The van der Waals surface area contributed by atoms with E-state index in [1.807, 2.05) is 25.1 Å².